The van der Waals surface area contributed by atoms with Gasteiger partial charge in [0.25, 0.3) is 11.8 Å². The molecule has 2 N–H and O–H groups in total. The number of rotatable bonds is 4. The number of carbonyl (C=O) groups excluding carboxylic acids is 2. The third-order valence-electron chi connectivity index (χ3n) is 4.07. The lowest BCUT2D eigenvalue weighted by molar-refractivity contribution is 0.102. The molecule has 0 radical (unpaired) electrons. The lowest BCUT2D eigenvalue weighted by atomic mass is 10.1. The first-order valence-corrected chi connectivity index (χ1v) is 9.63. The predicted octanol–water partition coefficient (Wildman–Crippen LogP) is 5.45. The van der Waals surface area contributed by atoms with E-state index in [1.165, 1.54) is 11.3 Å². The molecule has 0 saturated carbocycles. The highest BCUT2D eigenvalue weighted by atomic mass is 35.5. The molecule has 0 aliphatic carbocycles. The van der Waals surface area contributed by atoms with Gasteiger partial charge in [0.05, 0.1) is 16.3 Å². The van der Waals surface area contributed by atoms with Crippen molar-refractivity contribution in [3.05, 3.63) is 88.4 Å². The number of aromatic nitrogens is 1. The molecule has 2 heterocycles. The number of amides is 2. The van der Waals surface area contributed by atoms with Gasteiger partial charge in [0.2, 0.25) is 0 Å². The summed E-state index contributed by atoms with van der Waals surface area (Å²) in [6.07, 6.45) is 1.59. The van der Waals surface area contributed by atoms with Crippen LogP contribution in [-0.4, -0.2) is 16.8 Å². The van der Waals surface area contributed by atoms with Crippen molar-refractivity contribution in [1.82, 2.24) is 4.98 Å². The van der Waals surface area contributed by atoms with E-state index in [-0.39, 0.29) is 11.8 Å². The molecule has 7 heteroatoms. The van der Waals surface area contributed by atoms with Crippen LogP contribution in [0.2, 0.25) is 5.02 Å². The first-order chi connectivity index (χ1) is 13.6. The largest absolute Gasteiger partial charge is 0.320 e. The van der Waals surface area contributed by atoms with Crippen LogP contribution >= 0.6 is 22.9 Å². The number of nitrogens with zero attached hydrogens (tertiary/aromatic N) is 1. The molecule has 2 aromatic carbocycles. The third-order valence-corrected chi connectivity index (χ3v) is 5.74. The normalized spacial score (nSPS) is 10.6. The van der Waals surface area contributed by atoms with Crippen molar-refractivity contribution < 1.29 is 9.59 Å². The Balaban J connectivity index is 1.60. The number of hydrogen-bond donors (Lipinski definition) is 2. The number of hydrogen-bond acceptors (Lipinski definition) is 4. The fourth-order valence-corrected chi connectivity index (χ4v) is 4.16. The molecule has 0 spiro atoms. The number of para-hydroxylation sites is 1. The molecule has 0 fully saturated rings. The average Bonchev–Trinajstić information content (AvgIpc) is 3.06. The van der Waals surface area contributed by atoms with Gasteiger partial charge in [0.15, 0.2) is 0 Å². The number of carbonyl (C=O) groups is 2. The van der Waals surface area contributed by atoms with Gasteiger partial charge in [-0.1, -0.05) is 48.0 Å². The topological polar surface area (TPSA) is 71.1 Å². The van der Waals surface area contributed by atoms with Gasteiger partial charge in [-0.2, -0.15) is 0 Å². The molecule has 2 aromatic heterocycles. The standard InChI is InChI=1S/C21H14ClN3O2S/c22-18-14-8-2-4-10-16(14)28-19(18)21(27)24-15-9-3-1-7-13(15)20(26)25-17-11-5-6-12-23-17/h1-12H,(H,24,27)(H,23,25,26). The first-order valence-electron chi connectivity index (χ1n) is 8.43. The SMILES string of the molecule is O=C(Nc1ccccn1)c1ccccc1NC(=O)c1sc2ccccc2c1Cl. The number of halogens is 1. The Kier molecular flexibility index (Phi) is 5.06. The van der Waals surface area contributed by atoms with E-state index in [0.717, 1.165) is 10.1 Å². The zero-order valence-corrected chi connectivity index (χ0v) is 16.1. The Labute approximate surface area is 170 Å². The van der Waals surface area contributed by atoms with Crippen LogP contribution in [-0.2, 0) is 0 Å². The summed E-state index contributed by atoms with van der Waals surface area (Å²) >= 11 is 7.70. The van der Waals surface area contributed by atoms with Gasteiger partial charge in [-0.3, -0.25) is 9.59 Å². The van der Waals surface area contributed by atoms with Gasteiger partial charge in [-0.15, -0.1) is 11.3 Å². The van der Waals surface area contributed by atoms with E-state index in [1.54, 1.807) is 48.7 Å². The number of nitrogens with one attached hydrogen (secondary N) is 2. The second-order valence-electron chi connectivity index (χ2n) is 5.91. The van der Waals surface area contributed by atoms with Gasteiger partial charge < -0.3 is 10.6 Å². The monoisotopic (exact) mass is 407 g/mol. The number of benzene rings is 2. The highest BCUT2D eigenvalue weighted by Gasteiger charge is 2.19. The van der Waals surface area contributed by atoms with Gasteiger partial charge >= 0.3 is 0 Å². The highest BCUT2D eigenvalue weighted by molar-refractivity contribution is 7.21. The molecule has 0 unspecified atom stereocenters. The van der Waals surface area contributed by atoms with Crippen molar-refractivity contribution in [3.63, 3.8) is 0 Å². The molecule has 0 aliphatic heterocycles. The number of fused-ring (bicyclic) bond motifs is 1. The maximum Gasteiger partial charge on any atom is 0.267 e. The van der Waals surface area contributed by atoms with Crippen LogP contribution < -0.4 is 10.6 Å². The predicted molar refractivity (Wildman–Crippen MR) is 113 cm³/mol. The minimum absolute atomic E-state index is 0.332. The Morgan fingerprint density at radius 3 is 2.39 bits per heavy atom. The summed E-state index contributed by atoms with van der Waals surface area (Å²) < 4.78 is 0.929. The quantitative estimate of drug-likeness (QED) is 0.472. The molecule has 0 saturated heterocycles. The molecular weight excluding hydrogens is 394 g/mol. The van der Waals surface area contributed by atoms with Crippen LogP contribution in [0.4, 0.5) is 11.5 Å². The van der Waals surface area contributed by atoms with Gasteiger partial charge in [0.1, 0.15) is 10.7 Å². The van der Waals surface area contributed by atoms with E-state index >= 15 is 0 Å². The first kappa shape index (κ1) is 18.2. The maximum atomic E-state index is 12.8. The Bertz CT molecular complexity index is 1170. The van der Waals surface area contributed by atoms with Crippen LogP contribution in [0.15, 0.2) is 72.9 Å². The highest BCUT2D eigenvalue weighted by Crippen LogP contribution is 2.35. The van der Waals surface area contributed by atoms with Crippen LogP contribution in [0.3, 0.4) is 0 Å². The van der Waals surface area contributed by atoms with Crippen LogP contribution in [0.25, 0.3) is 10.1 Å². The van der Waals surface area contributed by atoms with E-state index in [1.807, 2.05) is 24.3 Å². The van der Waals surface area contributed by atoms with Crippen LogP contribution in [0, 0.1) is 0 Å². The molecule has 2 amide bonds. The molecule has 4 rings (SSSR count). The van der Waals surface area contributed by atoms with E-state index in [4.69, 9.17) is 11.6 Å². The lowest BCUT2D eigenvalue weighted by Crippen LogP contribution is -2.18. The average molecular weight is 408 g/mol. The molecule has 0 atom stereocenters. The van der Waals surface area contributed by atoms with Gasteiger partial charge in [-0.05, 0) is 30.3 Å². The maximum absolute atomic E-state index is 12.8. The van der Waals surface area contributed by atoms with Gasteiger partial charge in [0, 0.05) is 16.3 Å². The Morgan fingerprint density at radius 1 is 0.857 bits per heavy atom. The smallest absolute Gasteiger partial charge is 0.267 e. The molecular formula is C21H14ClN3O2S. The summed E-state index contributed by atoms with van der Waals surface area (Å²) in [6.45, 7) is 0. The molecule has 4 aromatic rings. The Hall–Kier alpha value is -3.22. The summed E-state index contributed by atoms with van der Waals surface area (Å²) in [4.78, 5) is 29.9. The van der Waals surface area contributed by atoms with Crippen LogP contribution in [0.5, 0.6) is 0 Å². The van der Waals surface area contributed by atoms with Gasteiger partial charge in [-0.25, -0.2) is 4.98 Å². The summed E-state index contributed by atoms with van der Waals surface area (Å²) in [5.74, 6) is -0.289. The zero-order valence-electron chi connectivity index (χ0n) is 14.5. The number of anilines is 2. The summed E-state index contributed by atoms with van der Waals surface area (Å²) in [7, 11) is 0. The van der Waals surface area contributed by atoms with Crippen molar-refractivity contribution in [2.24, 2.45) is 0 Å². The van der Waals surface area contributed by atoms with Crippen molar-refractivity contribution in [2.45, 2.75) is 0 Å². The fourth-order valence-electron chi connectivity index (χ4n) is 2.75. The van der Waals surface area contributed by atoms with E-state index in [0.29, 0.717) is 27.0 Å². The fraction of sp³-hybridized carbons (Fsp3) is 0. The molecule has 138 valence electrons. The minimum atomic E-state index is -0.364. The van der Waals surface area contributed by atoms with Crippen molar-refractivity contribution in [1.29, 1.82) is 0 Å². The summed E-state index contributed by atoms with van der Waals surface area (Å²) in [6, 6.07) is 19.6. The van der Waals surface area contributed by atoms with E-state index in [2.05, 4.69) is 15.6 Å². The second kappa shape index (κ2) is 7.80. The van der Waals surface area contributed by atoms with E-state index < -0.39 is 0 Å². The van der Waals surface area contributed by atoms with Crippen molar-refractivity contribution in [2.75, 3.05) is 10.6 Å². The molecule has 0 bridgehead atoms. The second-order valence-corrected chi connectivity index (χ2v) is 7.34. The van der Waals surface area contributed by atoms with Crippen LogP contribution in [0.1, 0.15) is 20.0 Å². The lowest BCUT2D eigenvalue weighted by Gasteiger charge is -2.10. The third kappa shape index (κ3) is 3.60. The number of pyridine rings is 1. The molecule has 0 aliphatic rings. The van der Waals surface area contributed by atoms with E-state index in [9.17, 15) is 9.59 Å². The molecule has 28 heavy (non-hydrogen) atoms. The number of thiophene rings is 1. The summed E-state index contributed by atoms with van der Waals surface area (Å²) in [5.41, 5.74) is 0.730. The minimum Gasteiger partial charge on any atom is -0.320 e. The summed E-state index contributed by atoms with van der Waals surface area (Å²) in [5, 5.41) is 6.77. The van der Waals surface area contributed by atoms with Crippen molar-refractivity contribution in [3.8, 4) is 0 Å². The Morgan fingerprint density at radius 2 is 1.61 bits per heavy atom. The molecule has 5 nitrogen and oxygen atoms in total. The van der Waals surface area contributed by atoms with Crippen molar-refractivity contribution >= 4 is 56.3 Å². The zero-order chi connectivity index (χ0) is 19.5.